The molecule has 0 bridgehead atoms. The van der Waals surface area contributed by atoms with Crippen LogP contribution in [0.25, 0.3) is 11.3 Å². The Labute approximate surface area is 149 Å². The lowest BCUT2D eigenvalue weighted by atomic mass is 9.91. The molecule has 1 aliphatic rings. The Morgan fingerprint density at radius 2 is 2.08 bits per heavy atom. The van der Waals surface area contributed by atoms with E-state index in [-0.39, 0.29) is 0 Å². The summed E-state index contributed by atoms with van der Waals surface area (Å²) in [5.74, 6) is 1.90. The Morgan fingerprint density at radius 1 is 1.36 bits per heavy atom. The van der Waals surface area contributed by atoms with Crippen LogP contribution >= 0.6 is 11.8 Å². The summed E-state index contributed by atoms with van der Waals surface area (Å²) >= 11 is 1.79. The molecule has 1 aromatic carbocycles. The zero-order chi connectivity index (χ0) is 17.7. The molecule has 1 fully saturated rings. The van der Waals surface area contributed by atoms with Crippen molar-refractivity contribution in [2.75, 3.05) is 11.5 Å². The number of nitrogens with one attached hydrogen (secondary N) is 2. The fourth-order valence-electron chi connectivity index (χ4n) is 2.81. The van der Waals surface area contributed by atoms with Crippen LogP contribution in [0.2, 0.25) is 0 Å². The second-order valence-electron chi connectivity index (χ2n) is 5.86. The van der Waals surface area contributed by atoms with Crippen molar-refractivity contribution >= 4 is 17.7 Å². The van der Waals surface area contributed by atoms with E-state index < -0.39 is 11.4 Å². The van der Waals surface area contributed by atoms with Crippen molar-refractivity contribution in [2.24, 2.45) is 0 Å². The molecule has 1 saturated heterocycles. The SMILES string of the molecule is N#Cc1ccc(-c2cc(CNC3(C(=O)NO)CCSCC3)no2)cc1. The maximum Gasteiger partial charge on any atom is 0.263 e. The van der Waals surface area contributed by atoms with Crippen LogP contribution in [-0.2, 0) is 11.3 Å². The number of carbonyl (C=O) groups excluding carboxylic acids is 1. The van der Waals surface area contributed by atoms with E-state index in [4.69, 9.17) is 15.0 Å². The zero-order valence-corrected chi connectivity index (χ0v) is 14.3. The van der Waals surface area contributed by atoms with Gasteiger partial charge in [-0.05, 0) is 48.6 Å². The van der Waals surface area contributed by atoms with Gasteiger partial charge in [-0.2, -0.15) is 17.0 Å². The molecule has 25 heavy (non-hydrogen) atoms. The first-order chi connectivity index (χ1) is 12.2. The summed E-state index contributed by atoms with van der Waals surface area (Å²) in [5, 5.41) is 25.2. The summed E-state index contributed by atoms with van der Waals surface area (Å²) < 4.78 is 5.36. The van der Waals surface area contributed by atoms with Gasteiger partial charge < -0.3 is 4.52 Å². The number of amides is 1. The van der Waals surface area contributed by atoms with E-state index in [0.29, 0.717) is 36.4 Å². The third-order valence-electron chi connectivity index (χ3n) is 4.35. The Kier molecular flexibility index (Phi) is 5.38. The number of aromatic nitrogens is 1. The maximum atomic E-state index is 12.1. The second kappa shape index (κ2) is 7.70. The number of carbonyl (C=O) groups is 1. The van der Waals surface area contributed by atoms with Crippen LogP contribution in [0.3, 0.4) is 0 Å². The quantitative estimate of drug-likeness (QED) is 0.554. The molecule has 3 rings (SSSR count). The molecule has 130 valence electrons. The summed E-state index contributed by atoms with van der Waals surface area (Å²) in [7, 11) is 0. The van der Waals surface area contributed by atoms with Crippen LogP contribution < -0.4 is 10.8 Å². The van der Waals surface area contributed by atoms with Gasteiger partial charge in [0.25, 0.3) is 5.91 Å². The van der Waals surface area contributed by atoms with Crippen molar-refractivity contribution in [1.29, 1.82) is 5.26 Å². The molecule has 0 radical (unpaired) electrons. The summed E-state index contributed by atoms with van der Waals surface area (Å²) in [4.78, 5) is 12.1. The van der Waals surface area contributed by atoms with Gasteiger partial charge in [0.1, 0.15) is 5.54 Å². The number of thioether (sulfide) groups is 1. The summed E-state index contributed by atoms with van der Waals surface area (Å²) in [6.45, 7) is 0.359. The summed E-state index contributed by atoms with van der Waals surface area (Å²) in [6.07, 6.45) is 1.29. The van der Waals surface area contributed by atoms with Crippen LogP contribution in [0, 0.1) is 11.3 Å². The number of rotatable bonds is 5. The largest absolute Gasteiger partial charge is 0.356 e. The monoisotopic (exact) mass is 358 g/mol. The van der Waals surface area contributed by atoms with E-state index in [0.717, 1.165) is 17.1 Å². The third kappa shape index (κ3) is 3.85. The van der Waals surface area contributed by atoms with E-state index >= 15 is 0 Å². The molecule has 1 amide bonds. The Bertz CT molecular complexity index is 776. The van der Waals surface area contributed by atoms with Gasteiger partial charge in [0.05, 0.1) is 17.3 Å². The molecule has 3 N–H and O–H groups in total. The van der Waals surface area contributed by atoms with E-state index in [9.17, 15) is 4.79 Å². The normalized spacial score (nSPS) is 16.2. The van der Waals surface area contributed by atoms with E-state index in [2.05, 4.69) is 16.5 Å². The van der Waals surface area contributed by atoms with Crippen molar-refractivity contribution in [2.45, 2.75) is 24.9 Å². The molecule has 2 aromatic rings. The average Bonchev–Trinajstić information content (AvgIpc) is 3.15. The highest BCUT2D eigenvalue weighted by Crippen LogP contribution is 2.28. The minimum Gasteiger partial charge on any atom is -0.356 e. The van der Waals surface area contributed by atoms with E-state index in [1.807, 2.05) is 0 Å². The van der Waals surface area contributed by atoms with Gasteiger partial charge in [-0.3, -0.25) is 15.3 Å². The number of nitrogens with zero attached hydrogens (tertiary/aromatic N) is 2. The number of hydroxylamine groups is 1. The van der Waals surface area contributed by atoms with Crippen LogP contribution in [0.5, 0.6) is 0 Å². The van der Waals surface area contributed by atoms with Gasteiger partial charge in [0, 0.05) is 18.2 Å². The van der Waals surface area contributed by atoms with Crippen LogP contribution in [0.4, 0.5) is 0 Å². The van der Waals surface area contributed by atoms with Crippen LogP contribution in [0.1, 0.15) is 24.1 Å². The number of benzene rings is 1. The molecule has 1 aliphatic heterocycles. The van der Waals surface area contributed by atoms with Crippen molar-refractivity contribution in [3.63, 3.8) is 0 Å². The molecule has 1 aromatic heterocycles. The first-order valence-electron chi connectivity index (χ1n) is 7.90. The van der Waals surface area contributed by atoms with Crippen LogP contribution in [0.15, 0.2) is 34.9 Å². The molecule has 2 heterocycles. The first-order valence-corrected chi connectivity index (χ1v) is 9.06. The van der Waals surface area contributed by atoms with Gasteiger partial charge in [-0.25, -0.2) is 5.48 Å². The van der Waals surface area contributed by atoms with E-state index in [1.54, 1.807) is 47.6 Å². The average molecular weight is 358 g/mol. The summed E-state index contributed by atoms with van der Waals surface area (Å²) in [5.41, 5.74) is 3.07. The molecule has 0 spiro atoms. The molecular weight excluding hydrogens is 340 g/mol. The Hall–Kier alpha value is -2.34. The van der Waals surface area contributed by atoms with Gasteiger partial charge >= 0.3 is 0 Å². The molecule has 0 atom stereocenters. The minimum absolute atomic E-state index is 0.359. The first kappa shape index (κ1) is 17.5. The van der Waals surface area contributed by atoms with Crippen molar-refractivity contribution in [1.82, 2.24) is 16.0 Å². The molecule has 0 unspecified atom stereocenters. The second-order valence-corrected chi connectivity index (χ2v) is 7.09. The smallest absolute Gasteiger partial charge is 0.263 e. The third-order valence-corrected chi connectivity index (χ3v) is 5.33. The highest BCUT2D eigenvalue weighted by Gasteiger charge is 2.39. The lowest BCUT2D eigenvalue weighted by Gasteiger charge is -2.35. The molecule has 0 saturated carbocycles. The predicted molar refractivity (Wildman–Crippen MR) is 92.7 cm³/mol. The number of hydrogen-bond acceptors (Lipinski definition) is 7. The molecular formula is C17H18N4O3S. The van der Waals surface area contributed by atoms with Crippen molar-refractivity contribution in [3.8, 4) is 17.4 Å². The van der Waals surface area contributed by atoms with E-state index in [1.165, 1.54) is 0 Å². The molecule has 7 nitrogen and oxygen atoms in total. The highest BCUT2D eigenvalue weighted by molar-refractivity contribution is 7.99. The van der Waals surface area contributed by atoms with Crippen LogP contribution in [-0.4, -0.2) is 33.3 Å². The molecule has 8 heteroatoms. The number of hydrogen-bond donors (Lipinski definition) is 3. The van der Waals surface area contributed by atoms with Crippen molar-refractivity contribution in [3.05, 3.63) is 41.6 Å². The summed E-state index contributed by atoms with van der Waals surface area (Å²) in [6, 6.07) is 10.9. The fourth-order valence-corrected chi connectivity index (χ4v) is 4.00. The zero-order valence-electron chi connectivity index (χ0n) is 13.5. The Balaban J connectivity index is 1.70. The maximum absolute atomic E-state index is 12.1. The fraction of sp³-hybridized carbons (Fsp3) is 0.353. The van der Waals surface area contributed by atoms with Gasteiger partial charge in [0.15, 0.2) is 5.76 Å². The van der Waals surface area contributed by atoms with Gasteiger partial charge in [-0.1, -0.05) is 5.16 Å². The minimum atomic E-state index is -0.784. The lowest BCUT2D eigenvalue weighted by molar-refractivity contribution is -0.136. The lowest BCUT2D eigenvalue weighted by Crippen LogP contribution is -2.58. The predicted octanol–water partition coefficient (Wildman–Crippen LogP) is 2.07. The van der Waals surface area contributed by atoms with Crippen molar-refractivity contribution < 1.29 is 14.5 Å². The number of nitriles is 1. The molecule has 0 aliphatic carbocycles. The highest BCUT2D eigenvalue weighted by atomic mass is 32.2. The van der Waals surface area contributed by atoms with Gasteiger partial charge in [0.2, 0.25) is 0 Å². The Morgan fingerprint density at radius 3 is 2.72 bits per heavy atom. The topological polar surface area (TPSA) is 111 Å². The standard InChI is InChI=1S/C17H18N4O3S/c18-10-12-1-3-13(4-2-12)15-9-14(21-24-15)11-19-17(16(22)20-23)5-7-25-8-6-17/h1-4,9,19,23H,5-8,11H2,(H,20,22). The van der Waals surface area contributed by atoms with Gasteiger partial charge in [-0.15, -0.1) is 0 Å².